The summed E-state index contributed by atoms with van der Waals surface area (Å²) in [6.45, 7) is 5.93. The van der Waals surface area contributed by atoms with Gasteiger partial charge >= 0.3 is 12.1 Å². The molecule has 0 aromatic carbocycles. The predicted molar refractivity (Wildman–Crippen MR) is 71.2 cm³/mol. The second-order valence-electron chi connectivity index (χ2n) is 5.00. The van der Waals surface area contributed by atoms with Crippen LogP contribution in [0.2, 0.25) is 0 Å². The molecular formula is C11H18INO4. The van der Waals surface area contributed by atoms with Gasteiger partial charge in [-0.15, -0.1) is 0 Å². The van der Waals surface area contributed by atoms with Crippen molar-refractivity contribution in [2.45, 2.75) is 42.8 Å². The molecule has 0 N–H and O–H groups in total. The van der Waals surface area contributed by atoms with Crippen LogP contribution in [0.3, 0.4) is 0 Å². The third-order valence-electron chi connectivity index (χ3n) is 2.35. The van der Waals surface area contributed by atoms with Crippen molar-refractivity contribution in [2.75, 3.05) is 13.7 Å². The van der Waals surface area contributed by atoms with Crippen LogP contribution in [-0.4, -0.2) is 46.2 Å². The molecule has 1 fully saturated rings. The largest absolute Gasteiger partial charge is 0.467 e. The van der Waals surface area contributed by atoms with Gasteiger partial charge in [0.25, 0.3) is 0 Å². The zero-order valence-corrected chi connectivity index (χ0v) is 12.7. The highest BCUT2D eigenvalue weighted by Crippen LogP contribution is 2.26. The van der Waals surface area contributed by atoms with Crippen LogP contribution in [0.5, 0.6) is 0 Å². The maximum Gasteiger partial charge on any atom is 0.411 e. The Morgan fingerprint density at radius 2 is 1.94 bits per heavy atom. The lowest BCUT2D eigenvalue weighted by atomic mass is 10.2. The van der Waals surface area contributed by atoms with Crippen molar-refractivity contribution >= 4 is 34.7 Å². The first-order valence-electron chi connectivity index (χ1n) is 5.46. The Morgan fingerprint density at radius 3 is 2.41 bits per heavy atom. The average Bonchev–Trinajstić information content (AvgIpc) is 2.56. The van der Waals surface area contributed by atoms with E-state index in [1.165, 1.54) is 12.0 Å². The maximum absolute atomic E-state index is 11.9. The minimum atomic E-state index is -0.554. The van der Waals surface area contributed by atoms with Crippen molar-refractivity contribution < 1.29 is 19.1 Å². The maximum atomic E-state index is 11.9. The summed E-state index contributed by atoms with van der Waals surface area (Å²) in [5.41, 5.74) is -0.554. The zero-order valence-electron chi connectivity index (χ0n) is 10.5. The fourth-order valence-electron chi connectivity index (χ4n) is 1.67. The second kappa shape index (κ2) is 5.41. The first-order chi connectivity index (χ1) is 7.74. The Hall–Kier alpha value is -0.530. The number of methoxy groups -OCH3 is 1. The van der Waals surface area contributed by atoms with Crippen LogP contribution in [0.4, 0.5) is 4.79 Å². The Balaban J connectivity index is 2.73. The highest BCUT2D eigenvalue weighted by molar-refractivity contribution is 14.1. The summed E-state index contributed by atoms with van der Waals surface area (Å²) >= 11 is 2.23. The van der Waals surface area contributed by atoms with E-state index in [0.29, 0.717) is 13.0 Å². The van der Waals surface area contributed by atoms with Gasteiger partial charge in [0.15, 0.2) is 0 Å². The molecule has 1 aliphatic heterocycles. The molecular weight excluding hydrogens is 337 g/mol. The van der Waals surface area contributed by atoms with Crippen LogP contribution >= 0.6 is 22.6 Å². The van der Waals surface area contributed by atoms with E-state index in [1.807, 2.05) is 0 Å². The summed E-state index contributed by atoms with van der Waals surface area (Å²) in [6.07, 6.45) is 0.166. The zero-order chi connectivity index (χ0) is 13.2. The Labute approximate surface area is 115 Å². The molecule has 2 atom stereocenters. The van der Waals surface area contributed by atoms with Gasteiger partial charge in [0.2, 0.25) is 0 Å². The molecule has 5 nitrogen and oxygen atoms in total. The van der Waals surface area contributed by atoms with Crippen LogP contribution in [-0.2, 0) is 14.3 Å². The number of alkyl halides is 1. The molecule has 0 aromatic rings. The molecule has 1 rings (SSSR count). The van der Waals surface area contributed by atoms with E-state index < -0.39 is 17.7 Å². The van der Waals surface area contributed by atoms with Gasteiger partial charge in [-0.25, -0.2) is 9.59 Å². The summed E-state index contributed by atoms with van der Waals surface area (Å²) in [6, 6.07) is -0.517. The summed E-state index contributed by atoms with van der Waals surface area (Å²) in [5, 5.41) is 0. The number of nitrogens with zero attached hydrogens (tertiary/aromatic N) is 1. The van der Waals surface area contributed by atoms with Crippen LogP contribution < -0.4 is 0 Å². The minimum absolute atomic E-state index is 0.254. The number of esters is 1. The number of halogens is 1. The van der Waals surface area contributed by atoms with Gasteiger partial charge in [-0.2, -0.15) is 0 Å². The predicted octanol–water partition coefficient (Wildman–Crippen LogP) is 1.97. The fourth-order valence-corrected chi connectivity index (χ4v) is 2.57. The van der Waals surface area contributed by atoms with E-state index in [0.717, 1.165) is 0 Å². The molecule has 2 unspecified atom stereocenters. The molecule has 0 spiro atoms. The number of ether oxygens (including phenoxy) is 2. The molecule has 0 aromatic heterocycles. The van der Waals surface area contributed by atoms with E-state index >= 15 is 0 Å². The van der Waals surface area contributed by atoms with Gasteiger partial charge < -0.3 is 9.47 Å². The van der Waals surface area contributed by atoms with Crippen molar-refractivity contribution in [1.82, 2.24) is 4.90 Å². The summed E-state index contributed by atoms with van der Waals surface area (Å²) in [5.74, 6) is -0.380. The third kappa shape index (κ3) is 4.01. The lowest BCUT2D eigenvalue weighted by Gasteiger charge is -2.27. The van der Waals surface area contributed by atoms with Crippen molar-refractivity contribution in [3.63, 3.8) is 0 Å². The number of hydrogen-bond donors (Lipinski definition) is 0. The first-order valence-corrected chi connectivity index (χ1v) is 6.70. The summed E-state index contributed by atoms with van der Waals surface area (Å²) in [4.78, 5) is 24.9. The van der Waals surface area contributed by atoms with E-state index in [2.05, 4.69) is 22.6 Å². The SMILES string of the molecule is COC(=O)C1CC(I)CN1C(=O)OC(C)(C)C. The van der Waals surface area contributed by atoms with Crippen LogP contribution in [0.25, 0.3) is 0 Å². The third-order valence-corrected chi connectivity index (χ3v) is 3.25. The van der Waals surface area contributed by atoms with E-state index in [4.69, 9.17) is 9.47 Å². The topological polar surface area (TPSA) is 55.8 Å². The Bertz CT molecular complexity index is 313. The van der Waals surface area contributed by atoms with E-state index in [1.54, 1.807) is 20.8 Å². The Kier molecular flexibility index (Phi) is 4.62. The number of carbonyl (C=O) groups excluding carboxylic acids is 2. The lowest BCUT2D eigenvalue weighted by Crippen LogP contribution is -2.43. The van der Waals surface area contributed by atoms with Gasteiger partial charge in [0.05, 0.1) is 7.11 Å². The van der Waals surface area contributed by atoms with Crippen molar-refractivity contribution in [3.05, 3.63) is 0 Å². The molecule has 0 saturated carbocycles. The standard InChI is InChI=1S/C11H18INO4/c1-11(2,3)17-10(15)13-6-7(12)5-8(13)9(14)16-4/h7-8H,5-6H2,1-4H3. The highest BCUT2D eigenvalue weighted by Gasteiger charge is 2.41. The normalized spacial score (nSPS) is 24.6. The number of rotatable bonds is 1. The summed E-state index contributed by atoms with van der Waals surface area (Å²) < 4.78 is 10.2. The van der Waals surface area contributed by atoms with Gasteiger partial charge in [0.1, 0.15) is 11.6 Å². The van der Waals surface area contributed by atoms with Crippen LogP contribution in [0, 0.1) is 0 Å². The minimum Gasteiger partial charge on any atom is -0.467 e. The monoisotopic (exact) mass is 355 g/mol. The molecule has 0 aliphatic carbocycles. The van der Waals surface area contributed by atoms with Gasteiger partial charge in [-0.3, -0.25) is 4.90 Å². The first kappa shape index (κ1) is 14.5. The molecule has 1 heterocycles. The average molecular weight is 355 g/mol. The van der Waals surface area contributed by atoms with Crippen LogP contribution in [0.15, 0.2) is 0 Å². The molecule has 1 amide bonds. The lowest BCUT2D eigenvalue weighted by molar-refractivity contribution is -0.145. The molecule has 1 saturated heterocycles. The summed E-state index contributed by atoms with van der Waals surface area (Å²) in [7, 11) is 1.33. The number of likely N-dealkylation sites (tertiary alicyclic amines) is 1. The Morgan fingerprint density at radius 1 is 1.35 bits per heavy atom. The molecule has 98 valence electrons. The highest BCUT2D eigenvalue weighted by atomic mass is 127. The molecule has 17 heavy (non-hydrogen) atoms. The number of carbonyl (C=O) groups is 2. The second-order valence-corrected chi connectivity index (χ2v) is 6.77. The van der Waals surface area contributed by atoms with Gasteiger partial charge in [0, 0.05) is 10.5 Å². The molecule has 0 bridgehead atoms. The van der Waals surface area contributed by atoms with Gasteiger partial charge in [-0.1, -0.05) is 22.6 Å². The van der Waals surface area contributed by atoms with Gasteiger partial charge in [-0.05, 0) is 27.2 Å². The molecule has 1 aliphatic rings. The van der Waals surface area contributed by atoms with E-state index in [-0.39, 0.29) is 9.89 Å². The number of hydrogen-bond acceptors (Lipinski definition) is 4. The molecule has 6 heteroatoms. The quantitative estimate of drug-likeness (QED) is 0.410. The number of amides is 1. The van der Waals surface area contributed by atoms with Crippen molar-refractivity contribution in [1.29, 1.82) is 0 Å². The van der Waals surface area contributed by atoms with Crippen molar-refractivity contribution in [3.8, 4) is 0 Å². The van der Waals surface area contributed by atoms with E-state index in [9.17, 15) is 9.59 Å². The smallest absolute Gasteiger partial charge is 0.411 e. The molecule has 0 radical (unpaired) electrons. The fraction of sp³-hybridized carbons (Fsp3) is 0.818. The van der Waals surface area contributed by atoms with Crippen LogP contribution in [0.1, 0.15) is 27.2 Å². The van der Waals surface area contributed by atoms with Crippen molar-refractivity contribution in [2.24, 2.45) is 0 Å².